The minimum atomic E-state index is -0.366. The normalized spacial score (nSPS) is 17.4. The quantitative estimate of drug-likeness (QED) is 0.835. The van der Waals surface area contributed by atoms with Crippen LogP contribution in [-0.4, -0.2) is 10.9 Å². The summed E-state index contributed by atoms with van der Waals surface area (Å²) in [5, 5.41) is 2.81. The van der Waals surface area contributed by atoms with Crippen LogP contribution in [0.2, 0.25) is 0 Å². The van der Waals surface area contributed by atoms with E-state index in [1.165, 1.54) is 12.3 Å². The molecule has 0 saturated heterocycles. The summed E-state index contributed by atoms with van der Waals surface area (Å²) in [5.74, 6) is -0.531. The summed E-state index contributed by atoms with van der Waals surface area (Å²) in [4.78, 5) is 15.4. The molecule has 1 atom stereocenters. The van der Waals surface area contributed by atoms with Gasteiger partial charge in [-0.3, -0.25) is 9.78 Å². The summed E-state index contributed by atoms with van der Waals surface area (Å²) in [6.07, 6.45) is 2.78. The Morgan fingerprint density at radius 1 is 1.22 bits per heavy atom. The van der Waals surface area contributed by atoms with Crippen LogP contribution in [0.3, 0.4) is 0 Å². The van der Waals surface area contributed by atoms with Crippen molar-refractivity contribution in [2.75, 3.05) is 5.32 Å². The average molecular weight is 242 g/mol. The van der Waals surface area contributed by atoms with E-state index in [0.29, 0.717) is 5.56 Å². The van der Waals surface area contributed by atoms with Crippen LogP contribution in [0.1, 0.15) is 18.4 Å². The maximum Gasteiger partial charge on any atom is 0.231 e. The first-order valence-electron chi connectivity index (χ1n) is 5.71. The van der Waals surface area contributed by atoms with Gasteiger partial charge >= 0.3 is 0 Å². The summed E-state index contributed by atoms with van der Waals surface area (Å²) >= 11 is 0. The van der Waals surface area contributed by atoms with E-state index in [9.17, 15) is 9.18 Å². The second kappa shape index (κ2) is 3.91. The molecule has 1 aromatic heterocycles. The van der Waals surface area contributed by atoms with Gasteiger partial charge in [0.2, 0.25) is 5.91 Å². The first-order chi connectivity index (χ1) is 8.65. The molecule has 1 unspecified atom stereocenters. The summed E-state index contributed by atoms with van der Waals surface area (Å²) < 4.78 is 13.1. The van der Waals surface area contributed by atoms with Gasteiger partial charge in [-0.05, 0) is 36.2 Å². The lowest BCUT2D eigenvalue weighted by molar-refractivity contribution is -0.116. The molecule has 3 nitrogen and oxygen atoms in total. The Morgan fingerprint density at radius 2 is 2.06 bits per heavy atom. The standard InChI is InChI=1S/C14H11FN2O/c1-8-12-5-9(2-3-13(12)17-14(8)18)10-4-11(15)7-16-6-10/h2-8H,1H3,(H,17,18). The monoisotopic (exact) mass is 242 g/mol. The highest BCUT2D eigenvalue weighted by Crippen LogP contribution is 2.35. The Labute approximate surface area is 104 Å². The smallest absolute Gasteiger partial charge is 0.231 e. The van der Waals surface area contributed by atoms with Crippen molar-refractivity contribution in [1.82, 2.24) is 4.98 Å². The molecule has 1 N–H and O–H groups in total. The number of carbonyl (C=O) groups excluding carboxylic acids is 1. The van der Waals surface area contributed by atoms with E-state index in [0.717, 1.165) is 16.8 Å². The van der Waals surface area contributed by atoms with Crippen LogP contribution in [0.5, 0.6) is 0 Å². The Hall–Kier alpha value is -2.23. The summed E-state index contributed by atoms with van der Waals surface area (Å²) in [7, 11) is 0. The molecular formula is C14H11FN2O. The first-order valence-corrected chi connectivity index (χ1v) is 5.71. The van der Waals surface area contributed by atoms with Gasteiger partial charge in [0, 0.05) is 17.4 Å². The van der Waals surface area contributed by atoms with E-state index in [4.69, 9.17) is 0 Å². The van der Waals surface area contributed by atoms with Gasteiger partial charge in [0.1, 0.15) is 5.82 Å². The molecule has 4 heteroatoms. The molecule has 3 rings (SSSR count). The Balaban J connectivity index is 2.09. The van der Waals surface area contributed by atoms with Crippen molar-refractivity contribution < 1.29 is 9.18 Å². The van der Waals surface area contributed by atoms with E-state index in [1.807, 2.05) is 25.1 Å². The van der Waals surface area contributed by atoms with Crippen molar-refractivity contribution in [2.24, 2.45) is 0 Å². The number of rotatable bonds is 1. The molecule has 0 spiro atoms. The van der Waals surface area contributed by atoms with Gasteiger partial charge in [0.05, 0.1) is 12.1 Å². The van der Waals surface area contributed by atoms with Crippen LogP contribution in [0.25, 0.3) is 11.1 Å². The molecule has 2 aromatic rings. The van der Waals surface area contributed by atoms with Gasteiger partial charge in [-0.1, -0.05) is 6.07 Å². The zero-order valence-corrected chi connectivity index (χ0v) is 9.77. The highest BCUT2D eigenvalue weighted by Gasteiger charge is 2.26. The van der Waals surface area contributed by atoms with Crippen molar-refractivity contribution in [3.63, 3.8) is 0 Å². The molecule has 1 aliphatic heterocycles. The molecule has 1 aliphatic rings. The second-order valence-electron chi connectivity index (χ2n) is 4.40. The third-order valence-electron chi connectivity index (χ3n) is 3.21. The zero-order chi connectivity index (χ0) is 12.7. The molecule has 0 aliphatic carbocycles. The second-order valence-corrected chi connectivity index (χ2v) is 4.40. The maximum absolute atomic E-state index is 13.1. The minimum absolute atomic E-state index is 0.000447. The van der Waals surface area contributed by atoms with Crippen LogP contribution in [0.15, 0.2) is 36.7 Å². The summed E-state index contributed by atoms with van der Waals surface area (Å²) in [6.45, 7) is 1.86. The SMILES string of the molecule is CC1C(=O)Nc2ccc(-c3cncc(F)c3)cc21. The number of aromatic nitrogens is 1. The van der Waals surface area contributed by atoms with Crippen LogP contribution in [-0.2, 0) is 4.79 Å². The van der Waals surface area contributed by atoms with Crippen molar-refractivity contribution in [2.45, 2.75) is 12.8 Å². The van der Waals surface area contributed by atoms with Gasteiger partial charge in [-0.2, -0.15) is 0 Å². The molecule has 0 saturated carbocycles. The predicted molar refractivity (Wildman–Crippen MR) is 66.7 cm³/mol. The fourth-order valence-electron chi connectivity index (χ4n) is 2.17. The number of hydrogen-bond acceptors (Lipinski definition) is 2. The summed E-state index contributed by atoms with van der Waals surface area (Å²) in [6, 6.07) is 7.04. The number of pyridine rings is 1. The van der Waals surface area contributed by atoms with Gasteiger partial charge in [0.25, 0.3) is 0 Å². The van der Waals surface area contributed by atoms with Crippen LogP contribution >= 0.6 is 0 Å². The maximum atomic E-state index is 13.1. The summed E-state index contributed by atoms with van der Waals surface area (Å²) in [5.41, 5.74) is 3.36. The van der Waals surface area contributed by atoms with Crippen LogP contribution in [0, 0.1) is 5.82 Å². The molecular weight excluding hydrogens is 231 g/mol. The Kier molecular flexibility index (Phi) is 2.37. The minimum Gasteiger partial charge on any atom is -0.325 e. The van der Waals surface area contributed by atoms with Crippen LogP contribution < -0.4 is 5.32 Å². The van der Waals surface area contributed by atoms with Crippen molar-refractivity contribution >= 4 is 11.6 Å². The Morgan fingerprint density at radius 3 is 2.83 bits per heavy atom. The fraction of sp³-hybridized carbons (Fsp3) is 0.143. The van der Waals surface area contributed by atoms with Crippen molar-refractivity contribution in [3.05, 3.63) is 48.0 Å². The molecule has 1 amide bonds. The Bertz CT molecular complexity index is 639. The van der Waals surface area contributed by atoms with E-state index in [1.54, 1.807) is 6.20 Å². The number of benzene rings is 1. The molecule has 1 aromatic carbocycles. The molecule has 2 heterocycles. The van der Waals surface area contributed by atoms with Crippen LogP contribution in [0.4, 0.5) is 10.1 Å². The topological polar surface area (TPSA) is 42.0 Å². The van der Waals surface area contributed by atoms with E-state index in [-0.39, 0.29) is 17.6 Å². The number of anilines is 1. The number of fused-ring (bicyclic) bond motifs is 1. The largest absolute Gasteiger partial charge is 0.325 e. The molecule has 0 radical (unpaired) electrons. The van der Waals surface area contributed by atoms with E-state index in [2.05, 4.69) is 10.3 Å². The third kappa shape index (κ3) is 1.66. The van der Waals surface area contributed by atoms with Gasteiger partial charge < -0.3 is 5.32 Å². The number of nitrogens with zero attached hydrogens (tertiary/aromatic N) is 1. The van der Waals surface area contributed by atoms with E-state index >= 15 is 0 Å². The van der Waals surface area contributed by atoms with Gasteiger partial charge in [-0.25, -0.2) is 4.39 Å². The van der Waals surface area contributed by atoms with Crippen molar-refractivity contribution in [1.29, 1.82) is 0 Å². The first kappa shape index (κ1) is 10.9. The predicted octanol–water partition coefficient (Wildman–Crippen LogP) is 2.94. The third-order valence-corrected chi connectivity index (χ3v) is 3.21. The fourth-order valence-corrected chi connectivity index (χ4v) is 2.17. The average Bonchev–Trinajstić information content (AvgIpc) is 2.65. The zero-order valence-electron chi connectivity index (χ0n) is 9.77. The lowest BCUT2D eigenvalue weighted by Gasteiger charge is -2.06. The lowest BCUT2D eigenvalue weighted by atomic mass is 9.98. The van der Waals surface area contributed by atoms with Crippen molar-refractivity contribution in [3.8, 4) is 11.1 Å². The van der Waals surface area contributed by atoms with Gasteiger partial charge in [0.15, 0.2) is 0 Å². The van der Waals surface area contributed by atoms with E-state index < -0.39 is 0 Å². The molecule has 18 heavy (non-hydrogen) atoms. The number of amides is 1. The lowest BCUT2D eigenvalue weighted by Crippen LogP contribution is -2.08. The number of hydrogen-bond donors (Lipinski definition) is 1. The highest BCUT2D eigenvalue weighted by atomic mass is 19.1. The molecule has 0 bridgehead atoms. The number of carbonyl (C=O) groups is 1. The number of halogens is 1. The van der Waals surface area contributed by atoms with Gasteiger partial charge in [-0.15, -0.1) is 0 Å². The molecule has 90 valence electrons. The highest BCUT2D eigenvalue weighted by molar-refractivity contribution is 6.03. The number of nitrogens with one attached hydrogen (secondary N) is 1. The molecule has 0 fully saturated rings.